The van der Waals surface area contributed by atoms with Crippen molar-refractivity contribution in [1.82, 2.24) is 14.3 Å². The summed E-state index contributed by atoms with van der Waals surface area (Å²) >= 11 is 3.01. The van der Waals surface area contributed by atoms with Crippen molar-refractivity contribution in [1.29, 1.82) is 0 Å². The molecule has 0 aromatic carbocycles. The second-order valence-electron chi connectivity index (χ2n) is 4.23. The van der Waals surface area contributed by atoms with Crippen LogP contribution in [0.25, 0.3) is 11.1 Å². The van der Waals surface area contributed by atoms with Crippen LogP contribution in [0, 0.1) is 6.92 Å². The number of nitrogen functional groups attached to an aromatic ring is 1. The summed E-state index contributed by atoms with van der Waals surface area (Å²) in [4.78, 5) is 8.56. The zero-order valence-corrected chi connectivity index (χ0v) is 12.5. The maximum atomic E-state index is 5.96. The van der Waals surface area contributed by atoms with Gasteiger partial charge in [-0.3, -0.25) is 4.98 Å². The van der Waals surface area contributed by atoms with Crippen molar-refractivity contribution < 1.29 is 0 Å². The Labute approximate surface area is 124 Å². The largest absolute Gasteiger partial charge is 0.382 e. The molecule has 0 fully saturated rings. The first kappa shape index (κ1) is 13.0. The van der Waals surface area contributed by atoms with Gasteiger partial charge in [-0.15, -0.1) is 11.3 Å². The van der Waals surface area contributed by atoms with Gasteiger partial charge in [-0.25, -0.2) is 4.98 Å². The van der Waals surface area contributed by atoms with Crippen molar-refractivity contribution in [2.45, 2.75) is 13.5 Å². The predicted molar refractivity (Wildman–Crippen MR) is 83.9 cm³/mol. The number of hydrogen-bond donors (Lipinski definition) is 2. The number of hydrogen-bond acceptors (Lipinski definition) is 7. The van der Waals surface area contributed by atoms with Crippen LogP contribution in [0.15, 0.2) is 29.9 Å². The number of anilines is 2. The fraction of sp³-hybridized carbons (Fsp3) is 0.154. The second-order valence-corrected chi connectivity index (χ2v) is 6.06. The first-order valence-corrected chi connectivity index (χ1v) is 7.70. The molecule has 0 unspecified atom stereocenters. The van der Waals surface area contributed by atoms with Crippen LogP contribution in [0.4, 0.5) is 10.8 Å². The first-order valence-electron chi connectivity index (χ1n) is 6.04. The molecule has 3 N–H and O–H groups in total. The number of rotatable bonds is 4. The van der Waals surface area contributed by atoms with Crippen molar-refractivity contribution >= 4 is 33.7 Å². The van der Waals surface area contributed by atoms with Gasteiger partial charge in [0.25, 0.3) is 0 Å². The molecule has 0 radical (unpaired) electrons. The normalized spacial score (nSPS) is 10.7. The van der Waals surface area contributed by atoms with E-state index in [9.17, 15) is 0 Å². The van der Waals surface area contributed by atoms with Crippen molar-refractivity contribution in [3.05, 3.63) is 40.6 Å². The number of nitrogens with one attached hydrogen (secondary N) is 1. The Morgan fingerprint density at radius 2 is 2.30 bits per heavy atom. The molecule has 3 rings (SSSR count). The van der Waals surface area contributed by atoms with Gasteiger partial charge in [-0.05, 0) is 24.5 Å². The first-order chi connectivity index (χ1) is 9.74. The summed E-state index contributed by atoms with van der Waals surface area (Å²) in [5.41, 5.74) is 8.87. The van der Waals surface area contributed by atoms with E-state index in [-0.39, 0.29) is 0 Å². The molecule has 0 amide bonds. The quantitative estimate of drug-likeness (QED) is 0.774. The molecule has 0 aliphatic carbocycles. The number of nitrogens with two attached hydrogens (primary N) is 1. The predicted octanol–water partition coefficient (Wildman–Crippen LogP) is 3.16. The number of thiazole rings is 1. The summed E-state index contributed by atoms with van der Waals surface area (Å²) in [6.07, 6.45) is 3.53. The lowest BCUT2D eigenvalue weighted by molar-refractivity contribution is 1.06. The molecule has 5 nitrogen and oxygen atoms in total. The number of aromatic nitrogens is 3. The van der Waals surface area contributed by atoms with Gasteiger partial charge in [0, 0.05) is 23.3 Å². The zero-order chi connectivity index (χ0) is 13.9. The topological polar surface area (TPSA) is 76.7 Å². The SMILES string of the molecule is Cc1nc(CNc2snc(N)c2-c2cccnc2)cs1. The third kappa shape index (κ3) is 2.63. The van der Waals surface area contributed by atoms with E-state index < -0.39 is 0 Å². The lowest BCUT2D eigenvalue weighted by Gasteiger charge is -2.05. The van der Waals surface area contributed by atoms with E-state index in [0.717, 1.165) is 26.8 Å². The van der Waals surface area contributed by atoms with E-state index in [2.05, 4.69) is 25.0 Å². The third-order valence-electron chi connectivity index (χ3n) is 2.77. The number of aryl methyl sites for hydroxylation is 1. The highest BCUT2D eigenvalue weighted by atomic mass is 32.1. The minimum absolute atomic E-state index is 0.528. The average molecular weight is 303 g/mol. The minimum Gasteiger partial charge on any atom is -0.382 e. The van der Waals surface area contributed by atoms with Crippen LogP contribution in [0.1, 0.15) is 10.7 Å². The minimum atomic E-state index is 0.528. The molecule has 3 aromatic heterocycles. The number of pyridine rings is 1. The Morgan fingerprint density at radius 3 is 3.00 bits per heavy atom. The molecule has 7 heteroatoms. The van der Waals surface area contributed by atoms with Gasteiger partial charge >= 0.3 is 0 Å². The Kier molecular flexibility index (Phi) is 3.62. The van der Waals surface area contributed by atoms with Crippen LogP contribution in [0.5, 0.6) is 0 Å². The van der Waals surface area contributed by atoms with E-state index in [1.165, 1.54) is 11.5 Å². The second kappa shape index (κ2) is 5.56. The van der Waals surface area contributed by atoms with E-state index in [0.29, 0.717) is 12.4 Å². The number of nitrogens with zero attached hydrogens (tertiary/aromatic N) is 3. The van der Waals surface area contributed by atoms with Gasteiger partial charge in [0.15, 0.2) is 0 Å². The Hall–Kier alpha value is -1.99. The molecular weight excluding hydrogens is 290 g/mol. The van der Waals surface area contributed by atoms with Gasteiger partial charge in [0.1, 0.15) is 10.8 Å². The molecule has 20 heavy (non-hydrogen) atoms. The van der Waals surface area contributed by atoms with Crippen LogP contribution >= 0.6 is 22.9 Å². The van der Waals surface area contributed by atoms with Crippen molar-refractivity contribution in [2.75, 3.05) is 11.1 Å². The Balaban J connectivity index is 1.84. The van der Waals surface area contributed by atoms with Crippen LogP contribution < -0.4 is 11.1 Å². The van der Waals surface area contributed by atoms with Gasteiger partial charge in [-0.2, -0.15) is 4.37 Å². The van der Waals surface area contributed by atoms with Crippen molar-refractivity contribution in [3.8, 4) is 11.1 Å². The van der Waals surface area contributed by atoms with Gasteiger partial charge < -0.3 is 11.1 Å². The molecule has 0 atom stereocenters. The molecule has 3 aromatic rings. The van der Waals surface area contributed by atoms with Crippen LogP contribution in [-0.4, -0.2) is 14.3 Å². The molecule has 0 saturated carbocycles. The smallest absolute Gasteiger partial charge is 0.147 e. The third-order valence-corrected chi connectivity index (χ3v) is 4.41. The van der Waals surface area contributed by atoms with E-state index in [1.807, 2.05) is 19.1 Å². The van der Waals surface area contributed by atoms with E-state index in [1.54, 1.807) is 23.7 Å². The van der Waals surface area contributed by atoms with Gasteiger partial charge in [0.05, 0.1) is 22.8 Å². The van der Waals surface area contributed by atoms with E-state index in [4.69, 9.17) is 5.73 Å². The molecule has 0 spiro atoms. The van der Waals surface area contributed by atoms with Crippen LogP contribution in [0.3, 0.4) is 0 Å². The maximum absolute atomic E-state index is 5.96. The molecule has 0 saturated heterocycles. The molecule has 0 bridgehead atoms. The Bertz CT molecular complexity index is 705. The molecule has 102 valence electrons. The lowest BCUT2D eigenvalue weighted by Crippen LogP contribution is -2.00. The molecule has 0 aliphatic rings. The fourth-order valence-corrected chi connectivity index (χ4v) is 3.22. The summed E-state index contributed by atoms with van der Waals surface area (Å²) in [7, 11) is 0. The summed E-state index contributed by atoms with van der Waals surface area (Å²) in [5.74, 6) is 0.528. The average Bonchev–Trinajstić information content (AvgIpc) is 3.03. The standard InChI is InChI=1S/C13H13N5S2/c1-8-17-10(7-19-8)6-16-13-11(12(14)18-20-13)9-3-2-4-15-5-9/h2-5,7,16H,6H2,1H3,(H2,14,18). The van der Waals surface area contributed by atoms with Crippen molar-refractivity contribution in [2.24, 2.45) is 0 Å². The van der Waals surface area contributed by atoms with E-state index >= 15 is 0 Å². The maximum Gasteiger partial charge on any atom is 0.147 e. The van der Waals surface area contributed by atoms with Crippen LogP contribution in [0.2, 0.25) is 0 Å². The highest BCUT2D eigenvalue weighted by Crippen LogP contribution is 2.36. The van der Waals surface area contributed by atoms with Crippen molar-refractivity contribution in [3.63, 3.8) is 0 Å². The van der Waals surface area contributed by atoms with Gasteiger partial charge in [0.2, 0.25) is 0 Å². The Morgan fingerprint density at radius 1 is 1.40 bits per heavy atom. The van der Waals surface area contributed by atoms with Gasteiger partial charge in [-0.1, -0.05) is 6.07 Å². The molecular formula is C13H13N5S2. The summed E-state index contributed by atoms with van der Waals surface area (Å²) in [6, 6.07) is 3.87. The molecule has 0 aliphatic heterocycles. The summed E-state index contributed by atoms with van der Waals surface area (Å²) < 4.78 is 4.22. The molecule has 3 heterocycles. The highest BCUT2D eigenvalue weighted by Gasteiger charge is 2.13. The summed E-state index contributed by atoms with van der Waals surface area (Å²) in [5, 5.41) is 7.42. The summed E-state index contributed by atoms with van der Waals surface area (Å²) in [6.45, 7) is 2.67. The lowest BCUT2D eigenvalue weighted by atomic mass is 10.1. The van der Waals surface area contributed by atoms with Crippen LogP contribution in [-0.2, 0) is 6.54 Å². The highest BCUT2D eigenvalue weighted by molar-refractivity contribution is 7.11. The zero-order valence-electron chi connectivity index (χ0n) is 10.8. The monoisotopic (exact) mass is 303 g/mol. The fourth-order valence-electron chi connectivity index (χ4n) is 1.87.